The Morgan fingerprint density at radius 3 is 2.75 bits per heavy atom. The number of rotatable bonds is 6. The molecule has 6 nitrogen and oxygen atoms in total. The van der Waals surface area contributed by atoms with Crippen LogP contribution in [0.1, 0.15) is 23.8 Å². The van der Waals surface area contributed by atoms with Gasteiger partial charge in [0.1, 0.15) is 19.2 Å². The fourth-order valence-electron chi connectivity index (χ4n) is 2.46. The number of aromatic nitrogens is 4. The van der Waals surface area contributed by atoms with E-state index in [4.69, 9.17) is 0 Å². The second kappa shape index (κ2) is 7.35. The molecule has 0 bridgehead atoms. The van der Waals surface area contributed by atoms with Crippen LogP contribution in [0.15, 0.2) is 36.9 Å². The normalized spacial score (nSPS) is 10.8. The van der Waals surface area contributed by atoms with Gasteiger partial charge in [-0.25, -0.2) is 14.6 Å². The van der Waals surface area contributed by atoms with Crippen molar-refractivity contribution in [1.29, 1.82) is 0 Å². The number of thiazole rings is 1. The first-order valence-corrected chi connectivity index (χ1v) is 8.66. The highest BCUT2D eigenvalue weighted by molar-refractivity contribution is 7.16. The Balaban J connectivity index is 1.71. The van der Waals surface area contributed by atoms with Crippen molar-refractivity contribution in [3.63, 3.8) is 0 Å². The van der Waals surface area contributed by atoms with Crippen LogP contribution in [0.3, 0.4) is 0 Å². The number of nitrogens with one attached hydrogen (secondary N) is 1. The van der Waals surface area contributed by atoms with E-state index < -0.39 is 0 Å². The van der Waals surface area contributed by atoms with Gasteiger partial charge in [-0.3, -0.25) is 4.79 Å². The number of hydrogen-bond donors (Lipinski definition) is 1. The summed E-state index contributed by atoms with van der Waals surface area (Å²) in [5.41, 5.74) is 3.31. The van der Waals surface area contributed by atoms with E-state index in [0.717, 1.165) is 29.0 Å². The molecule has 0 spiro atoms. The molecule has 24 heavy (non-hydrogen) atoms. The quantitative estimate of drug-likeness (QED) is 0.746. The van der Waals surface area contributed by atoms with Crippen molar-refractivity contribution >= 4 is 22.4 Å². The lowest BCUT2D eigenvalue weighted by molar-refractivity contribution is -0.116. The molecule has 0 unspecified atom stereocenters. The van der Waals surface area contributed by atoms with Gasteiger partial charge in [-0.05, 0) is 18.9 Å². The van der Waals surface area contributed by atoms with E-state index >= 15 is 0 Å². The van der Waals surface area contributed by atoms with Gasteiger partial charge >= 0.3 is 0 Å². The summed E-state index contributed by atoms with van der Waals surface area (Å²) in [6, 6.07) is 8.46. The van der Waals surface area contributed by atoms with E-state index in [9.17, 15) is 4.79 Å². The first-order chi connectivity index (χ1) is 11.7. The van der Waals surface area contributed by atoms with E-state index in [1.165, 1.54) is 34.2 Å². The largest absolute Gasteiger partial charge is 0.300 e. The van der Waals surface area contributed by atoms with Crippen LogP contribution < -0.4 is 5.32 Å². The summed E-state index contributed by atoms with van der Waals surface area (Å²) < 4.78 is 1.48. The van der Waals surface area contributed by atoms with Gasteiger partial charge in [0.05, 0.1) is 5.69 Å². The van der Waals surface area contributed by atoms with Crippen molar-refractivity contribution in [2.45, 2.75) is 33.2 Å². The lowest BCUT2D eigenvalue weighted by atomic mass is 10.1. The van der Waals surface area contributed by atoms with Crippen LogP contribution in [0, 0.1) is 6.92 Å². The summed E-state index contributed by atoms with van der Waals surface area (Å²) in [5.74, 6) is -0.168. The third-order valence-corrected chi connectivity index (χ3v) is 4.47. The number of anilines is 1. The zero-order valence-corrected chi connectivity index (χ0v) is 14.5. The van der Waals surface area contributed by atoms with Crippen LogP contribution in [0.5, 0.6) is 0 Å². The van der Waals surface area contributed by atoms with Crippen LogP contribution in [-0.4, -0.2) is 25.7 Å². The molecule has 0 radical (unpaired) electrons. The predicted octanol–water partition coefficient (Wildman–Crippen LogP) is 3.30. The molecule has 0 fully saturated rings. The number of amides is 1. The molecule has 3 rings (SSSR count). The van der Waals surface area contributed by atoms with Gasteiger partial charge in [0.15, 0.2) is 5.13 Å². The highest BCUT2D eigenvalue weighted by atomic mass is 32.1. The molecule has 0 atom stereocenters. The zero-order valence-electron chi connectivity index (χ0n) is 13.7. The lowest BCUT2D eigenvalue weighted by Gasteiger charge is -2.02. The standard InChI is InChI=1S/C17H19N5OS/c1-3-4-13-5-7-14(8-6-13)16-12(2)24-17(21-16)20-15(23)9-22-11-18-10-19-22/h5-8,10-11H,3-4,9H2,1-2H3,(H,20,21,23). The van der Waals surface area contributed by atoms with Crippen molar-refractivity contribution < 1.29 is 4.79 Å². The summed E-state index contributed by atoms with van der Waals surface area (Å²) >= 11 is 1.48. The van der Waals surface area contributed by atoms with E-state index in [2.05, 4.69) is 51.6 Å². The minimum Gasteiger partial charge on any atom is -0.300 e. The Morgan fingerprint density at radius 1 is 1.29 bits per heavy atom. The molecule has 1 aromatic carbocycles. The van der Waals surface area contributed by atoms with Gasteiger partial charge in [0.2, 0.25) is 5.91 Å². The van der Waals surface area contributed by atoms with Crippen LogP contribution >= 0.6 is 11.3 Å². The summed E-state index contributed by atoms with van der Waals surface area (Å²) in [6.45, 7) is 4.31. The fraction of sp³-hybridized carbons (Fsp3) is 0.294. The highest BCUT2D eigenvalue weighted by Crippen LogP contribution is 2.30. The Kier molecular flexibility index (Phi) is 5.00. The molecule has 0 aliphatic rings. The maximum atomic E-state index is 12.0. The van der Waals surface area contributed by atoms with Crippen LogP contribution in [0.2, 0.25) is 0 Å². The van der Waals surface area contributed by atoms with Gasteiger partial charge in [-0.15, -0.1) is 11.3 Å². The number of aryl methyl sites for hydroxylation is 2. The average molecular weight is 341 g/mol. The third kappa shape index (κ3) is 3.86. The van der Waals surface area contributed by atoms with Crippen molar-refractivity contribution in [2.24, 2.45) is 0 Å². The van der Waals surface area contributed by atoms with E-state index in [0.29, 0.717) is 5.13 Å². The minimum atomic E-state index is -0.168. The number of hydrogen-bond acceptors (Lipinski definition) is 5. The predicted molar refractivity (Wildman–Crippen MR) is 94.9 cm³/mol. The molecule has 2 heterocycles. The average Bonchev–Trinajstić information content (AvgIpc) is 3.18. The van der Waals surface area contributed by atoms with Gasteiger partial charge in [0, 0.05) is 10.4 Å². The zero-order chi connectivity index (χ0) is 16.9. The lowest BCUT2D eigenvalue weighted by Crippen LogP contribution is -2.18. The van der Waals surface area contributed by atoms with E-state index in [-0.39, 0.29) is 12.5 Å². The SMILES string of the molecule is CCCc1ccc(-c2nc(NC(=O)Cn3cncn3)sc2C)cc1. The molecule has 0 aliphatic heterocycles. The molecule has 124 valence electrons. The molecular weight excluding hydrogens is 322 g/mol. The molecule has 1 amide bonds. The first kappa shape index (κ1) is 16.3. The number of carbonyl (C=O) groups is 1. The van der Waals surface area contributed by atoms with Crippen molar-refractivity contribution in [3.8, 4) is 11.3 Å². The van der Waals surface area contributed by atoms with E-state index in [1.54, 1.807) is 0 Å². The van der Waals surface area contributed by atoms with Crippen molar-refractivity contribution in [3.05, 3.63) is 47.4 Å². The summed E-state index contributed by atoms with van der Waals surface area (Å²) in [7, 11) is 0. The van der Waals surface area contributed by atoms with Crippen molar-refractivity contribution in [2.75, 3.05) is 5.32 Å². The Labute approximate surface area is 144 Å². The van der Waals surface area contributed by atoms with Crippen molar-refractivity contribution in [1.82, 2.24) is 19.7 Å². The van der Waals surface area contributed by atoms with Crippen LogP contribution in [0.4, 0.5) is 5.13 Å². The summed E-state index contributed by atoms with van der Waals surface area (Å²) in [5, 5.41) is 7.34. The molecular formula is C17H19N5OS. The number of benzene rings is 1. The molecule has 0 saturated heterocycles. The maximum Gasteiger partial charge on any atom is 0.247 e. The summed E-state index contributed by atoms with van der Waals surface area (Å²) in [6.07, 6.45) is 5.13. The topological polar surface area (TPSA) is 72.7 Å². The molecule has 0 aliphatic carbocycles. The summed E-state index contributed by atoms with van der Waals surface area (Å²) in [4.78, 5) is 21.5. The second-order valence-corrected chi connectivity index (χ2v) is 6.72. The highest BCUT2D eigenvalue weighted by Gasteiger charge is 2.12. The smallest absolute Gasteiger partial charge is 0.247 e. The maximum absolute atomic E-state index is 12.0. The van der Waals surface area contributed by atoms with Gasteiger partial charge < -0.3 is 5.32 Å². The molecule has 1 N–H and O–H groups in total. The molecule has 7 heteroatoms. The van der Waals surface area contributed by atoms with Crippen LogP contribution in [0.25, 0.3) is 11.3 Å². The fourth-order valence-corrected chi connectivity index (χ4v) is 3.31. The molecule has 0 saturated carbocycles. The van der Waals surface area contributed by atoms with E-state index in [1.807, 2.05) is 6.92 Å². The third-order valence-electron chi connectivity index (χ3n) is 3.58. The van der Waals surface area contributed by atoms with Gasteiger partial charge in [-0.2, -0.15) is 5.10 Å². The Bertz CT molecular complexity index is 808. The second-order valence-electron chi connectivity index (χ2n) is 5.51. The minimum absolute atomic E-state index is 0.125. The molecule has 3 aromatic rings. The molecule has 2 aromatic heterocycles. The Morgan fingerprint density at radius 2 is 2.08 bits per heavy atom. The monoisotopic (exact) mass is 341 g/mol. The first-order valence-electron chi connectivity index (χ1n) is 7.84. The van der Waals surface area contributed by atoms with Crippen LogP contribution in [-0.2, 0) is 17.8 Å². The van der Waals surface area contributed by atoms with Gasteiger partial charge in [-0.1, -0.05) is 37.6 Å². The number of carbonyl (C=O) groups excluding carboxylic acids is 1. The van der Waals surface area contributed by atoms with Gasteiger partial charge in [0.25, 0.3) is 0 Å². The Hall–Kier alpha value is -2.54. The number of nitrogens with zero attached hydrogens (tertiary/aromatic N) is 4.